The number of carbonyl (C=O) groups is 1. The van der Waals surface area contributed by atoms with Crippen LogP contribution in [0, 0.1) is 10.1 Å². The molecule has 8 heteroatoms. The van der Waals surface area contributed by atoms with Crippen molar-refractivity contribution in [2.75, 3.05) is 5.75 Å². The minimum absolute atomic E-state index is 0.171. The van der Waals surface area contributed by atoms with Gasteiger partial charge >= 0.3 is 5.97 Å². The molecule has 0 aliphatic rings. The van der Waals surface area contributed by atoms with Crippen LogP contribution in [0.4, 0.5) is 0 Å². The van der Waals surface area contributed by atoms with E-state index in [4.69, 9.17) is 10.8 Å². The Hall–Kier alpha value is -1.25. The Balaban J connectivity index is 2.70. The molecular weight excluding hydrogens is 264 g/mol. The Bertz CT molecular complexity index is 427. The molecule has 1 aromatic carbocycles. The van der Waals surface area contributed by atoms with E-state index < -0.39 is 16.3 Å². The lowest BCUT2D eigenvalue weighted by molar-refractivity contribution is -0.284. The second-order valence-corrected chi connectivity index (χ2v) is 5.00. The lowest BCUT2D eigenvalue weighted by atomic mass is 10.4. The van der Waals surface area contributed by atoms with E-state index in [1.54, 1.807) is 24.3 Å². The fraction of sp³-hybridized carbons (Fsp3) is 0.222. The van der Waals surface area contributed by atoms with Gasteiger partial charge in [0.1, 0.15) is 10.4 Å². The molecule has 0 fully saturated rings. The van der Waals surface area contributed by atoms with Crippen molar-refractivity contribution in [3.63, 3.8) is 0 Å². The molecule has 0 aromatic heterocycles. The molecule has 3 N–H and O–H groups in total. The third-order valence-electron chi connectivity index (χ3n) is 1.76. The predicted octanol–water partition coefficient (Wildman–Crippen LogP) is 1.47. The zero-order valence-electron chi connectivity index (χ0n) is 8.61. The number of nitro groups is 1. The molecule has 1 aromatic rings. The van der Waals surface area contributed by atoms with Crippen molar-refractivity contribution < 1.29 is 14.2 Å². The second kappa shape index (κ2) is 6.48. The van der Waals surface area contributed by atoms with Gasteiger partial charge in [0.05, 0.1) is 4.90 Å². The molecule has 0 saturated carbocycles. The predicted molar refractivity (Wildman–Crippen MR) is 65.6 cm³/mol. The molecule has 0 radical (unpaired) electrons. The number of carboxylic acids is 1. The first-order chi connectivity index (χ1) is 8.00. The molecule has 0 bridgehead atoms. The number of rotatable bonds is 6. The number of aliphatic carboxylic acids is 1. The molecule has 0 unspecified atom stereocenters. The Morgan fingerprint density at radius 3 is 2.59 bits per heavy atom. The summed E-state index contributed by atoms with van der Waals surface area (Å²) in [5.74, 6) is -0.915. The van der Waals surface area contributed by atoms with Crippen molar-refractivity contribution in [1.82, 2.24) is 0 Å². The number of hydrogen-bond acceptors (Lipinski definition) is 6. The van der Waals surface area contributed by atoms with Crippen LogP contribution < -0.4 is 5.73 Å². The number of nitrogens with two attached hydrogens (primary N) is 1. The molecule has 0 saturated heterocycles. The SMILES string of the molecule is N[C@@H](CSc1ccccc1S[N+](=O)[O-])C(=O)O. The number of hydrogen-bond donors (Lipinski definition) is 2. The molecule has 1 atom stereocenters. The summed E-state index contributed by atoms with van der Waals surface area (Å²) in [7, 11) is 0. The quantitative estimate of drug-likeness (QED) is 0.350. The highest BCUT2D eigenvalue weighted by Gasteiger charge is 2.15. The van der Waals surface area contributed by atoms with Crippen LogP contribution in [-0.4, -0.2) is 27.2 Å². The van der Waals surface area contributed by atoms with Gasteiger partial charge in [0, 0.05) is 10.6 Å². The number of thioether (sulfide) groups is 1. The van der Waals surface area contributed by atoms with Crippen LogP contribution >= 0.6 is 23.7 Å². The highest BCUT2D eigenvalue weighted by molar-refractivity contribution is 8.00. The fourth-order valence-electron chi connectivity index (χ4n) is 0.976. The molecule has 0 amide bonds. The zero-order chi connectivity index (χ0) is 12.8. The van der Waals surface area contributed by atoms with Gasteiger partial charge in [0.15, 0.2) is 0 Å². The van der Waals surface area contributed by atoms with Crippen LogP contribution in [0.15, 0.2) is 34.1 Å². The highest BCUT2D eigenvalue weighted by Crippen LogP contribution is 2.30. The third kappa shape index (κ3) is 4.63. The number of carboxylic acid groups (broad SMARTS) is 1. The van der Waals surface area contributed by atoms with Gasteiger partial charge in [0.2, 0.25) is 0 Å². The molecule has 6 nitrogen and oxygen atoms in total. The van der Waals surface area contributed by atoms with Gasteiger partial charge in [-0.2, -0.15) is 0 Å². The second-order valence-electron chi connectivity index (χ2n) is 3.02. The van der Waals surface area contributed by atoms with E-state index in [9.17, 15) is 14.9 Å². The molecule has 0 heterocycles. The Morgan fingerprint density at radius 2 is 2.06 bits per heavy atom. The summed E-state index contributed by atoms with van der Waals surface area (Å²) in [4.78, 5) is 22.1. The van der Waals surface area contributed by atoms with E-state index >= 15 is 0 Å². The monoisotopic (exact) mass is 274 g/mol. The Labute approximate surface area is 106 Å². The average molecular weight is 274 g/mol. The third-order valence-corrected chi connectivity index (χ3v) is 3.78. The summed E-state index contributed by atoms with van der Waals surface area (Å²) in [6.07, 6.45) is 0. The summed E-state index contributed by atoms with van der Waals surface area (Å²) in [6.45, 7) is 0. The van der Waals surface area contributed by atoms with Gasteiger partial charge < -0.3 is 10.8 Å². The van der Waals surface area contributed by atoms with Crippen LogP contribution in [0.1, 0.15) is 0 Å². The summed E-state index contributed by atoms with van der Waals surface area (Å²) in [5, 5.41) is 19.0. The van der Waals surface area contributed by atoms with Gasteiger partial charge in [-0.05, 0) is 12.1 Å². The summed E-state index contributed by atoms with van der Waals surface area (Å²) in [5.41, 5.74) is 5.35. The lowest BCUT2D eigenvalue weighted by Crippen LogP contribution is -2.32. The van der Waals surface area contributed by atoms with Crippen molar-refractivity contribution in [2.24, 2.45) is 5.73 Å². The minimum atomic E-state index is -1.09. The topological polar surface area (TPSA) is 106 Å². The standard InChI is InChI=1S/C9H10N2O4S2/c10-6(9(12)13)5-16-7-3-1-2-4-8(7)17-11(14)15/h1-4,6H,5,10H2,(H,12,13)/t6-/m0/s1. The number of nitrogens with zero attached hydrogens (tertiary/aromatic N) is 1. The molecule has 0 spiro atoms. The van der Waals surface area contributed by atoms with Crippen LogP contribution in [-0.2, 0) is 4.79 Å². The summed E-state index contributed by atoms with van der Waals surface area (Å²) >= 11 is 1.69. The van der Waals surface area contributed by atoms with Crippen LogP contribution in [0.2, 0.25) is 0 Å². The smallest absolute Gasteiger partial charge is 0.321 e. The van der Waals surface area contributed by atoms with E-state index in [2.05, 4.69) is 0 Å². The maximum atomic E-state index is 10.5. The van der Waals surface area contributed by atoms with Crippen LogP contribution in [0.5, 0.6) is 0 Å². The minimum Gasteiger partial charge on any atom is -0.480 e. The van der Waals surface area contributed by atoms with E-state index in [1.165, 1.54) is 11.8 Å². The number of benzene rings is 1. The molecule has 1 rings (SSSR count). The van der Waals surface area contributed by atoms with E-state index in [1.807, 2.05) is 0 Å². The summed E-state index contributed by atoms with van der Waals surface area (Å²) < 4.78 is -0.503. The van der Waals surface area contributed by atoms with Crippen molar-refractivity contribution in [3.8, 4) is 0 Å². The van der Waals surface area contributed by atoms with Gasteiger partial charge in [-0.15, -0.1) is 11.8 Å². The average Bonchev–Trinajstić information content (AvgIpc) is 2.26. The summed E-state index contributed by atoms with van der Waals surface area (Å²) in [6, 6.07) is 5.76. The van der Waals surface area contributed by atoms with E-state index in [-0.39, 0.29) is 5.75 Å². The zero-order valence-corrected chi connectivity index (χ0v) is 10.2. The Kier molecular flexibility index (Phi) is 5.26. The lowest BCUT2D eigenvalue weighted by Gasteiger charge is -2.07. The highest BCUT2D eigenvalue weighted by atomic mass is 32.2. The fourth-order valence-corrected chi connectivity index (χ4v) is 2.61. The van der Waals surface area contributed by atoms with Crippen molar-refractivity contribution in [1.29, 1.82) is 0 Å². The Morgan fingerprint density at radius 1 is 1.47 bits per heavy atom. The molecular formula is C9H10N2O4S2. The molecule has 92 valence electrons. The maximum Gasteiger partial charge on any atom is 0.321 e. The van der Waals surface area contributed by atoms with Crippen LogP contribution in [0.3, 0.4) is 0 Å². The first-order valence-corrected chi connectivity index (χ1v) is 6.29. The van der Waals surface area contributed by atoms with Crippen LogP contribution in [0.25, 0.3) is 0 Å². The first-order valence-electron chi connectivity index (χ1n) is 4.53. The molecule has 0 aliphatic heterocycles. The largest absolute Gasteiger partial charge is 0.480 e. The first kappa shape index (κ1) is 13.8. The van der Waals surface area contributed by atoms with Gasteiger partial charge in [0.25, 0.3) is 11.9 Å². The van der Waals surface area contributed by atoms with Gasteiger partial charge in [-0.3, -0.25) is 14.9 Å². The van der Waals surface area contributed by atoms with Crippen molar-refractivity contribution in [2.45, 2.75) is 15.8 Å². The van der Waals surface area contributed by atoms with E-state index in [0.717, 1.165) is 0 Å². The molecule has 17 heavy (non-hydrogen) atoms. The van der Waals surface area contributed by atoms with Crippen molar-refractivity contribution in [3.05, 3.63) is 34.4 Å². The van der Waals surface area contributed by atoms with Gasteiger partial charge in [-0.1, -0.05) is 12.1 Å². The maximum absolute atomic E-state index is 10.5. The molecule has 0 aliphatic carbocycles. The van der Waals surface area contributed by atoms with Gasteiger partial charge in [-0.25, -0.2) is 0 Å². The van der Waals surface area contributed by atoms with Crippen molar-refractivity contribution >= 4 is 29.7 Å². The van der Waals surface area contributed by atoms with E-state index in [0.29, 0.717) is 21.7 Å². The normalized spacial score (nSPS) is 12.1.